The maximum absolute atomic E-state index is 13.6. The first-order chi connectivity index (χ1) is 20.9. The second-order valence-corrected chi connectivity index (χ2v) is 10.7. The van der Waals surface area contributed by atoms with Gasteiger partial charge < -0.3 is 35.5 Å². The minimum absolute atomic E-state index is 0.0185. The summed E-state index contributed by atoms with van der Waals surface area (Å²) in [5, 5.41) is 27.2. The molecule has 14 heteroatoms. The highest BCUT2D eigenvalue weighted by Crippen LogP contribution is 2.33. The van der Waals surface area contributed by atoms with Gasteiger partial charge in [0.25, 0.3) is 17.0 Å². The number of rotatable bonds is 8. The summed E-state index contributed by atoms with van der Waals surface area (Å²) in [6.07, 6.45) is 0.592. The summed E-state index contributed by atoms with van der Waals surface area (Å²) in [4.78, 5) is 68.8. The Hall–Kier alpha value is -5.27. The van der Waals surface area contributed by atoms with E-state index in [-0.39, 0.29) is 54.3 Å². The van der Waals surface area contributed by atoms with Gasteiger partial charge in [0, 0.05) is 41.3 Å². The van der Waals surface area contributed by atoms with E-state index in [0.29, 0.717) is 6.42 Å². The van der Waals surface area contributed by atoms with Crippen molar-refractivity contribution >= 4 is 35.0 Å². The normalized spacial score (nSPS) is 15.4. The number of nitrogens with one attached hydrogen (secondary N) is 2. The summed E-state index contributed by atoms with van der Waals surface area (Å²) in [6.45, 7) is 1.73. The Morgan fingerprint density at radius 2 is 1.59 bits per heavy atom. The van der Waals surface area contributed by atoms with Gasteiger partial charge in [0.1, 0.15) is 17.4 Å². The van der Waals surface area contributed by atoms with Gasteiger partial charge in [0.05, 0.1) is 23.8 Å². The van der Waals surface area contributed by atoms with Crippen LogP contribution in [0.3, 0.4) is 0 Å². The molecule has 3 amide bonds. The number of carbonyl (C=O) groups excluding carboxylic acids is 2. The van der Waals surface area contributed by atoms with Crippen LogP contribution in [0.2, 0.25) is 0 Å². The summed E-state index contributed by atoms with van der Waals surface area (Å²) in [6, 6.07) is 11.6. The summed E-state index contributed by atoms with van der Waals surface area (Å²) in [5.74, 6) is -2.59. The molecule has 0 radical (unpaired) electrons. The molecule has 1 aliphatic rings. The van der Waals surface area contributed by atoms with Crippen molar-refractivity contribution in [3.8, 4) is 5.75 Å². The van der Waals surface area contributed by atoms with Gasteiger partial charge in [0.2, 0.25) is 0 Å². The molecule has 4 N–H and O–H groups in total. The van der Waals surface area contributed by atoms with Crippen LogP contribution in [0.1, 0.15) is 35.3 Å². The number of carboxylic acids is 1. The average molecular weight is 608 g/mol. The molecular formula is C30H37N7O7. The number of aromatic nitrogens is 2. The fraction of sp³-hybridized carbons (Fsp3) is 0.367. The molecule has 1 aliphatic heterocycles. The van der Waals surface area contributed by atoms with Crippen LogP contribution in [0.25, 0.3) is 0 Å². The van der Waals surface area contributed by atoms with Gasteiger partial charge in [-0.15, -0.1) is 0 Å². The van der Waals surface area contributed by atoms with E-state index < -0.39 is 34.8 Å². The number of nitrogens with zero attached hydrogens (tertiary/aromatic N) is 5. The number of hydrogen-bond donors (Lipinski definition) is 4. The Balaban J connectivity index is 1.70. The standard InChI is InChI=1S/C30H37N7O7/c1-6-20(18-11-8-7-9-12-18)31-23-24(28(41)35(5)34(4)27(23)40)32-21-14-10-13-19(25(21)38)26(39)37-16-15-36(30(44)33(2)3)17-22(37)29(42)43/h7-14,20,22,31-32,38H,6,15-17H2,1-5H3,(H,42,43)/t20-,22?/m1/s1. The van der Waals surface area contributed by atoms with Crippen LogP contribution in [0, 0.1) is 0 Å². The molecule has 1 unspecified atom stereocenters. The first-order valence-corrected chi connectivity index (χ1v) is 14.1. The van der Waals surface area contributed by atoms with Crippen molar-refractivity contribution in [3.63, 3.8) is 0 Å². The third-order valence-electron chi connectivity index (χ3n) is 7.75. The number of benzene rings is 2. The predicted octanol–water partition coefficient (Wildman–Crippen LogP) is 1.99. The third-order valence-corrected chi connectivity index (χ3v) is 7.75. The SMILES string of the molecule is CC[C@@H](Nc1c(Nc2cccc(C(=O)N3CCN(C(=O)N(C)C)CC3C(=O)O)c2O)c(=O)n(C)n(C)c1=O)c1ccccc1. The van der Waals surface area contributed by atoms with Crippen LogP contribution >= 0.6 is 0 Å². The van der Waals surface area contributed by atoms with Crippen molar-refractivity contribution in [2.24, 2.45) is 14.1 Å². The summed E-state index contributed by atoms with van der Waals surface area (Å²) >= 11 is 0. The molecule has 4 rings (SSSR count). The zero-order valence-electron chi connectivity index (χ0n) is 25.3. The lowest BCUT2D eigenvalue weighted by Gasteiger charge is -2.40. The molecule has 0 aliphatic carbocycles. The monoisotopic (exact) mass is 607 g/mol. The van der Waals surface area contributed by atoms with Gasteiger partial charge >= 0.3 is 12.0 Å². The molecule has 14 nitrogen and oxygen atoms in total. The van der Waals surface area contributed by atoms with Crippen LogP contribution in [0.15, 0.2) is 58.1 Å². The molecule has 0 saturated carbocycles. The molecule has 0 bridgehead atoms. The first-order valence-electron chi connectivity index (χ1n) is 14.1. The minimum atomic E-state index is -1.35. The van der Waals surface area contributed by atoms with Crippen LogP contribution in [0.4, 0.5) is 21.9 Å². The fourth-order valence-electron chi connectivity index (χ4n) is 5.14. The second-order valence-electron chi connectivity index (χ2n) is 10.7. The molecule has 2 heterocycles. The molecule has 2 atom stereocenters. The van der Waals surface area contributed by atoms with Crippen molar-refractivity contribution in [3.05, 3.63) is 80.4 Å². The highest BCUT2D eigenvalue weighted by molar-refractivity contribution is 6.01. The molecule has 2 aromatic carbocycles. The Labute approximate surface area is 253 Å². The number of anilines is 3. The summed E-state index contributed by atoms with van der Waals surface area (Å²) in [5.41, 5.74) is -0.560. The van der Waals surface area contributed by atoms with Crippen LogP contribution < -0.4 is 21.8 Å². The molecule has 1 fully saturated rings. The van der Waals surface area contributed by atoms with Crippen LogP contribution in [0.5, 0.6) is 5.75 Å². The highest BCUT2D eigenvalue weighted by Gasteiger charge is 2.38. The van der Waals surface area contributed by atoms with Crippen molar-refractivity contribution < 1.29 is 24.6 Å². The maximum atomic E-state index is 13.6. The molecule has 1 saturated heterocycles. The zero-order chi connectivity index (χ0) is 32.3. The van der Waals surface area contributed by atoms with E-state index in [1.165, 1.54) is 46.8 Å². The smallest absolute Gasteiger partial charge is 0.328 e. The summed E-state index contributed by atoms with van der Waals surface area (Å²) in [7, 11) is 5.99. The Morgan fingerprint density at radius 1 is 0.955 bits per heavy atom. The Morgan fingerprint density at radius 3 is 2.18 bits per heavy atom. The first kappa shape index (κ1) is 31.7. The lowest BCUT2D eigenvalue weighted by Crippen LogP contribution is -2.60. The zero-order valence-corrected chi connectivity index (χ0v) is 25.3. The topological polar surface area (TPSA) is 169 Å². The van der Waals surface area contributed by atoms with E-state index in [0.717, 1.165) is 15.1 Å². The van der Waals surface area contributed by atoms with Crippen molar-refractivity contribution in [2.75, 3.05) is 44.4 Å². The minimum Gasteiger partial charge on any atom is -0.505 e. The number of phenols is 1. The average Bonchev–Trinajstić information content (AvgIpc) is 3.02. The van der Waals surface area contributed by atoms with E-state index in [1.807, 2.05) is 37.3 Å². The lowest BCUT2D eigenvalue weighted by molar-refractivity contribution is -0.144. The lowest BCUT2D eigenvalue weighted by atomic mass is 10.0. The van der Waals surface area contributed by atoms with E-state index in [9.17, 15) is 34.2 Å². The number of hydrogen-bond acceptors (Lipinski definition) is 8. The van der Waals surface area contributed by atoms with E-state index in [1.54, 1.807) is 14.1 Å². The quantitative estimate of drug-likeness (QED) is 0.280. The van der Waals surface area contributed by atoms with E-state index in [4.69, 9.17) is 0 Å². The van der Waals surface area contributed by atoms with Gasteiger partial charge in [-0.3, -0.25) is 14.4 Å². The largest absolute Gasteiger partial charge is 0.505 e. The number of carbonyl (C=O) groups is 3. The van der Waals surface area contributed by atoms with Crippen molar-refractivity contribution in [1.29, 1.82) is 0 Å². The summed E-state index contributed by atoms with van der Waals surface area (Å²) < 4.78 is 2.29. The van der Waals surface area contributed by atoms with E-state index >= 15 is 0 Å². The fourth-order valence-corrected chi connectivity index (χ4v) is 5.14. The molecule has 234 valence electrons. The highest BCUT2D eigenvalue weighted by atomic mass is 16.4. The third kappa shape index (κ3) is 6.09. The number of phenolic OH excluding ortho intramolecular Hbond substituents is 1. The number of carboxylic acid groups (broad SMARTS) is 1. The van der Waals surface area contributed by atoms with Gasteiger partial charge in [-0.1, -0.05) is 43.3 Å². The van der Waals surface area contributed by atoms with Gasteiger partial charge in [-0.2, -0.15) is 0 Å². The maximum Gasteiger partial charge on any atom is 0.328 e. The van der Waals surface area contributed by atoms with E-state index in [2.05, 4.69) is 10.6 Å². The number of piperazine rings is 1. The number of aromatic hydroxyl groups is 1. The number of urea groups is 1. The molecule has 0 spiro atoms. The second kappa shape index (κ2) is 12.9. The number of para-hydroxylation sites is 1. The molecule has 3 aromatic rings. The predicted molar refractivity (Wildman–Crippen MR) is 165 cm³/mol. The van der Waals surface area contributed by atoms with Gasteiger partial charge in [-0.05, 0) is 24.1 Å². The number of amides is 3. The molecule has 1 aromatic heterocycles. The Bertz CT molecular complexity index is 1680. The number of aliphatic carboxylic acids is 1. The van der Waals surface area contributed by atoms with Crippen molar-refractivity contribution in [2.45, 2.75) is 25.4 Å². The van der Waals surface area contributed by atoms with Gasteiger partial charge in [0.15, 0.2) is 5.75 Å². The molecule has 44 heavy (non-hydrogen) atoms. The molecular weight excluding hydrogens is 570 g/mol. The van der Waals surface area contributed by atoms with Crippen LogP contribution in [-0.2, 0) is 18.9 Å². The Kier molecular flexibility index (Phi) is 9.31. The van der Waals surface area contributed by atoms with Gasteiger partial charge in [-0.25, -0.2) is 19.0 Å². The van der Waals surface area contributed by atoms with Crippen LogP contribution in [-0.4, -0.2) is 92.0 Å². The van der Waals surface area contributed by atoms with Crippen molar-refractivity contribution in [1.82, 2.24) is 24.1 Å².